The van der Waals surface area contributed by atoms with Crippen molar-refractivity contribution in [3.05, 3.63) is 47.0 Å². The van der Waals surface area contributed by atoms with E-state index < -0.39 is 6.09 Å². The number of fused-ring (bicyclic) bond motifs is 3. The van der Waals surface area contributed by atoms with Crippen LogP contribution in [-0.4, -0.2) is 48.9 Å². The summed E-state index contributed by atoms with van der Waals surface area (Å²) in [5.74, 6) is 1.15. The number of amides is 1. The molecule has 3 aliphatic heterocycles. The third-order valence-electron chi connectivity index (χ3n) is 6.52. The number of piperidine rings is 1. The molecule has 0 saturated carbocycles. The molecule has 1 saturated heterocycles. The minimum Gasteiger partial charge on any atom is -0.497 e. The third-order valence-corrected chi connectivity index (χ3v) is 6.52. The van der Waals surface area contributed by atoms with Crippen LogP contribution in [0.5, 0.6) is 5.75 Å². The molecular formula is C22H24N2O3. The average molecular weight is 364 g/mol. The molecule has 0 bridgehead atoms. The van der Waals surface area contributed by atoms with Crippen LogP contribution in [0.2, 0.25) is 0 Å². The van der Waals surface area contributed by atoms with Crippen LogP contribution < -0.4 is 9.64 Å². The largest absolute Gasteiger partial charge is 0.497 e. The number of benzene rings is 2. The van der Waals surface area contributed by atoms with Gasteiger partial charge in [-0.15, -0.1) is 0 Å². The maximum absolute atomic E-state index is 11.5. The van der Waals surface area contributed by atoms with Crippen molar-refractivity contribution in [1.82, 2.24) is 4.90 Å². The second-order valence-electron chi connectivity index (χ2n) is 7.89. The topological polar surface area (TPSA) is 53.0 Å². The third kappa shape index (κ3) is 2.41. The molecule has 5 nitrogen and oxygen atoms in total. The molecule has 0 radical (unpaired) electrons. The summed E-state index contributed by atoms with van der Waals surface area (Å²) in [5, 5.41) is 9.46. The maximum atomic E-state index is 11.5. The van der Waals surface area contributed by atoms with Crippen molar-refractivity contribution in [3.8, 4) is 16.9 Å². The molecule has 0 unspecified atom stereocenters. The summed E-state index contributed by atoms with van der Waals surface area (Å²) in [7, 11) is 1.69. The van der Waals surface area contributed by atoms with E-state index in [0.717, 1.165) is 25.1 Å². The SMILES string of the molecule is COc1ccc(-c2cc3c4c(c2)[C@@H]2CN(C(=O)O)CC[C@@H]2N4CC3)c(C)c1. The highest BCUT2D eigenvalue weighted by Crippen LogP contribution is 2.51. The fraction of sp³-hybridized carbons (Fsp3) is 0.409. The molecule has 0 spiro atoms. The van der Waals surface area contributed by atoms with Gasteiger partial charge in [-0.1, -0.05) is 6.07 Å². The lowest BCUT2D eigenvalue weighted by atomic mass is 9.85. The molecule has 3 aliphatic rings. The lowest BCUT2D eigenvalue weighted by Gasteiger charge is -2.37. The fourth-order valence-corrected chi connectivity index (χ4v) is 5.26. The van der Waals surface area contributed by atoms with Crippen molar-refractivity contribution in [1.29, 1.82) is 0 Å². The van der Waals surface area contributed by atoms with Crippen LogP contribution in [0.3, 0.4) is 0 Å². The monoisotopic (exact) mass is 364 g/mol. The Morgan fingerprint density at radius 2 is 2.07 bits per heavy atom. The molecule has 27 heavy (non-hydrogen) atoms. The molecule has 5 heteroatoms. The van der Waals surface area contributed by atoms with E-state index in [-0.39, 0.29) is 5.92 Å². The van der Waals surface area contributed by atoms with Crippen molar-refractivity contribution in [3.63, 3.8) is 0 Å². The highest BCUT2D eigenvalue weighted by molar-refractivity contribution is 5.79. The van der Waals surface area contributed by atoms with Crippen LogP contribution in [0.4, 0.5) is 10.5 Å². The van der Waals surface area contributed by atoms with Crippen molar-refractivity contribution >= 4 is 11.8 Å². The van der Waals surface area contributed by atoms with Crippen LogP contribution in [-0.2, 0) is 6.42 Å². The molecule has 1 amide bonds. The number of hydrogen-bond donors (Lipinski definition) is 1. The number of rotatable bonds is 2. The molecule has 2 atom stereocenters. The Kier molecular flexibility index (Phi) is 3.61. The van der Waals surface area contributed by atoms with Crippen molar-refractivity contribution < 1.29 is 14.6 Å². The first-order valence-electron chi connectivity index (χ1n) is 9.63. The lowest BCUT2D eigenvalue weighted by molar-refractivity contribution is 0.127. The summed E-state index contributed by atoms with van der Waals surface area (Å²) in [4.78, 5) is 15.6. The van der Waals surface area contributed by atoms with E-state index in [1.54, 1.807) is 12.0 Å². The number of carbonyl (C=O) groups is 1. The van der Waals surface area contributed by atoms with E-state index in [1.807, 2.05) is 6.07 Å². The second-order valence-corrected chi connectivity index (χ2v) is 7.89. The van der Waals surface area contributed by atoms with Gasteiger partial charge < -0.3 is 19.6 Å². The maximum Gasteiger partial charge on any atom is 0.407 e. The Morgan fingerprint density at radius 1 is 1.22 bits per heavy atom. The Labute approximate surface area is 159 Å². The van der Waals surface area contributed by atoms with Crippen molar-refractivity contribution in [2.45, 2.75) is 31.7 Å². The highest BCUT2D eigenvalue weighted by Gasteiger charge is 2.45. The Bertz CT molecular complexity index is 939. The molecule has 1 fully saturated rings. The highest BCUT2D eigenvalue weighted by atomic mass is 16.5. The zero-order valence-corrected chi connectivity index (χ0v) is 15.7. The van der Waals surface area contributed by atoms with Gasteiger partial charge in [0.25, 0.3) is 0 Å². The van der Waals surface area contributed by atoms with Gasteiger partial charge in [0.2, 0.25) is 0 Å². The normalized spacial score (nSPS) is 22.6. The Hall–Kier alpha value is -2.69. The molecule has 0 aromatic heterocycles. The standard InChI is InChI=1S/C22H24N2O3/c1-13-9-16(27-2)3-4-17(13)15-10-14-5-8-24-20-6-7-23(22(25)26)12-19(20)18(11-15)21(14)24/h3-4,9-11,19-20H,5-8,12H2,1-2H3,(H,25,26)/t19-,20-/m0/s1. The van der Waals surface area contributed by atoms with Gasteiger partial charge in [-0.25, -0.2) is 4.79 Å². The first-order valence-corrected chi connectivity index (χ1v) is 9.63. The summed E-state index contributed by atoms with van der Waals surface area (Å²) < 4.78 is 5.35. The molecule has 2 aromatic rings. The van der Waals surface area contributed by atoms with Crippen LogP contribution in [0.15, 0.2) is 30.3 Å². The minimum atomic E-state index is -0.798. The van der Waals surface area contributed by atoms with Gasteiger partial charge in [-0.2, -0.15) is 0 Å². The first-order chi connectivity index (χ1) is 13.1. The summed E-state index contributed by atoms with van der Waals surface area (Å²) in [6.45, 7) is 4.42. The van der Waals surface area contributed by atoms with E-state index in [2.05, 4.69) is 36.1 Å². The van der Waals surface area contributed by atoms with Crippen molar-refractivity contribution in [2.24, 2.45) is 0 Å². The number of aryl methyl sites for hydroxylation is 1. The number of ether oxygens (including phenoxy) is 1. The molecule has 1 N–H and O–H groups in total. The van der Waals surface area contributed by atoms with Gasteiger partial charge in [0.05, 0.1) is 7.11 Å². The quantitative estimate of drug-likeness (QED) is 0.879. The average Bonchev–Trinajstić information content (AvgIpc) is 3.23. The number of likely N-dealkylation sites (tertiary alicyclic amines) is 1. The van der Waals surface area contributed by atoms with Crippen LogP contribution in [0.25, 0.3) is 11.1 Å². The molecular weight excluding hydrogens is 340 g/mol. The van der Waals surface area contributed by atoms with Crippen LogP contribution in [0, 0.1) is 6.92 Å². The summed E-state index contributed by atoms with van der Waals surface area (Å²) in [6.07, 6.45) is 1.20. The van der Waals surface area contributed by atoms with Gasteiger partial charge in [-0.3, -0.25) is 0 Å². The number of anilines is 1. The minimum absolute atomic E-state index is 0.280. The van der Waals surface area contributed by atoms with E-state index in [1.165, 1.54) is 33.5 Å². The zero-order valence-electron chi connectivity index (χ0n) is 15.7. The number of hydrogen-bond acceptors (Lipinski definition) is 3. The Balaban J connectivity index is 1.60. The van der Waals surface area contributed by atoms with Gasteiger partial charge in [0.1, 0.15) is 5.75 Å². The van der Waals surface area contributed by atoms with E-state index >= 15 is 0 Å². The van der Waals surface area contributed by atoms with Gasteiger partial charge >= 0.3 is 6.09 Å². The molecule has 5 rings (SSSR count). The Morgan fingerprint density at radius 3 is 2.81 bits per heavy atom. The second kappa shape index (κ2) is 5.91. The molecule has 140 valence electrons. The molecule has 2 aromatic carbocycles. The summed E-state index contributed by atoms with van der Waals surface area (Å²) in [5.41, 5.74) is 7.79. The summed E-state index contributed by atoms with van der Waals surface area (Å²) >= 11 is 0. The number of methoxy groups -OCH3 is 1. The number of carboxylic acid groups (broad SMARTS) is 1. The van der Waals surface area contributed by atoms with Crippen molar-refractivity contribution in [2.75, 3.05) is 31.6 Å². The van der Waals surface area contributed by atoms with Crippen LogP contribution >= 0.6 is 0 Å². The van der Waals surface area contributed by atoms with Gasteiger partial charge in [0.15, 0.2) is 0 Å². The predicted molar refractivity (Wildman–Crippen MR) is 105 cm³/mol. The first kappa shape index (κ1) is 16.5. The van der Waals surface area contributed by atoms with Gasteiger partial charge in [-0.05, 0) is 71.8 Å². The molecule has 0 aliphatic carbocycles. The molecule has 3 heterocycles. The fourth-order valence-electron chi connectivity index (χ4n) is 5.26. The van der Waals surface area contributed by atoms with Gasteiger partial charge in [0, 0.05) is 37.3 Å². The zero-order chi connectivity index (χ0) is 18.7. The predicted octanol–water partition coefficient (Wildman–Crippen LogP) is 3.88. The lowest BCUT2D eigenvalue weighted by Crippen LogP contribution is -2.47. The number of nitrogens with zero attached hydrogens (tertiary/aromatic N) is 2. The summed E-state index contributed by atoms with van der Waals surface area (Å²) in [6, 6.07) is 11.3. The smallest absolute Gasteiger partial charge is 0.407 e. The van der Waals surface area contributed by atoms with E-state index in [4.69, 9.17) is 4.74 Å². The van der Waals surface area contributed by atoms with Crippen LogP contribution in [0.1, 0.15) is 29.0 Å². The van der Waals surface area contributed by atoms with E-state index in [9.17, 15) is 9.90 Å². The van der Waals surface area contributed by atoms with E-state index in [0.29, 0.717) is 19.1 Å².